The van der Waals surface area contributed by atoms with Gasteiger partial charge in [0.15, 0.2) is 5.78 Å². The van der Waals surface area contributed by atoms with Crippen LogP contribution in [0.5, 0.6) is 0 Å². The van der Waals surface area contributed by atoms with E-state index in [9.17, 15) is 9.59 Å². The number of hydrogen-bond acceptors (Lipinski definition) is 2. The average Bonchev–Trinajstić information content (AvgIpc) is 2.37. The van der Waals surface area contributed by atoms with Crippen LogP contribution in [-0.2, 0) is 11.2 Å². The summed E-state index contributed by atoms with van der Waals surface area (Å²) in [7, 11) is 0. The van der Waals surface area contributed by atoms with Gasteiger partial charge in [0.2, 0.25) is 5.91 Å². The number of ketones is 1. The summed E-state index contributed by atoms with van der Waals surface area (Å²) in [5.74, 6) is -0.0976. The van der Waals surface area contributed by atoms with Gasteiger partial charge in [0, 0.05) is 18.4 Å². The molecular formula is C15H21NO2. The van der Waals surface area contributed by atoms with Crippen molar-refractivity contribution >= 4 is 11.7 Å². The van der Waals surface area contributed by atoms with E-state index in [1.807, 2.05) is 24.3 Å². The summed E-state index contributed by atoms with van der Waals surface area (Å²) in [6, 6.07) is 7.47. The summed E-state index contributed by atoms with van der Waals surface area (Å²) < 4.78 is 0. The van der Waals surface area contributed by atoms with Crippen molar-refractivity contribution in [1.82, 2.24) is 0 Å². The number of rotatable bonds is 8. The summed E-state index contributed by atoms with van der Waals surface area (Å²) in [5.41, 5.74) is 6.89. The third-order valence-electron chi connectivity index (χ3n) is 2.94. The molecule has 0 aliphatic heterocycles. The van der Waals surface area contributed by atoms with E-state index in [-0.39, 0.29) is 11.7 Å². The number of amides is 1. The van der Waals surface area contributed by atoms with Crippen LogP contribution in [-0.4, -0.2) is 11.7 Å². The Balaban J connectivity index is 2.48. The largest absolute Gasteiger partial charge is 0.370 e. The summed E-state index contributed by atoms with van der Waals surface area (Å²) in [4.78, 5) is 22.5. The number of Topliss-reactive ketones (excluding diaryl/α,β-unsaturated/α-hetero) is 1. The van der Waals surface area contributed by atoms with Gasteiger partial charge in [-0.25, -0.2) is 0 Å². The molecule has 0 heterocycles. The van der Waals surface area contributed by atoms with Gasteiger partial charge in [0.25, 0.3) is 0 Å². The van der Waals surface area contributed by atoms with Gasteiger partial charge in [0.05, 0.1) is 0 Å². The fraction of sp³-hybridized carbons (Fsp3) is 0.467. The molecule has 0 spiro atoms. The van der Waals surface area contributed by atoms with Crippen LogP contribution in [0.1, 0.15) is 54.9 Å². The smallest absolute Gasteiger partial charge is 0.217 e. The first kappa shape index (κ1) is 14.4. The standard InChI is InChI=1S/C15H21NO2/c1-2-3-4-5-14(17)13-9-6-12(7-10-13)8-11-15(16)18/h6-7,9-10H,2-5,8,11H2,1H3,(H2,16,18). The highest BCUT2D eigenvalue weighted by molar-refractivity contribution is 5.96. The molecule has 0 bridgehead atoms. The second-order valence-corrected chi connectivity index (χ2v) is 4.54. The van der Waals surface area contributed by atoms with Crippen molar-refractivity contribution in [3.05, 3.63) is 35.4 Å². The van der Waals surface area contributed by atoms with Gasteiger partial charge in [-0.05, 0) is 18.4 Å². The predicted octanol–water partition coefficient (Wildman–Crippen LogP) is 2.87. The lowest BCUT2D eigenvalue weighted by atomic mass is 10.0. The van der Waals surface area contributed by atoms with Gasteiger partial charge in [-0.15, -0.1) is 0 Å². The van der Waals surface area contributed by atoms with Gasteiger partial charge in [-0.1, -0.05) is 44.0 Å². The molecule has 0 atom stereocenters. The molecule has 1 aromatic carbocycles. The maximum absolute atomic E-state index is 11.8. The normalized spacial score (nSPS) is 10.3. The Hall–Kier alpha value is -1.64. The van der Waals surface area contributed by atoms with Crippen molar-refractivity contribution in [2.75, 3.05) is 0 Å². The Kier molecular flexibility index (Phi) is 6.12. The van der Waals surface area contributed by atoms with Crippen LogP contribution in [0.25, 0.3) is 0 Å². The Morgan fingerprint density at radius 1 is 1.06 bits per heavy atom. The summed E-state index contributed by atoms with van der Waals surface area (Å²) in [5, 5.41) is 0. The molecule has 2 N–H and O–H groups in total. The van der Waals surface area contributed by atoms with Crippen molar-refractivity contribution in [2.45, 2.75) is 45.4 Å². The molecule has 0 unspecified atom stereocenters. The fourth-order valence-electron chi connectivity index (χ4n) is 1.80. The maximum atomic E-state index is 11.8. The molecule has 0 aliphatic rings. The van der Waals surface area contributed by atoms with E-state index < -0.39 is 0 Å². The molecule has 0 fully saturated rings. The lowest BCUT2D eigenvalue weighted by Crippen LogP contribution is -2.11. The summed E-state index contributed by atoms with van der Waals surface area (Å²) in [6.07, 6.45) is 4.79. The lowest BCUT2D eigenvalue weighted by molar-refractivity contribution is -0.117. The van der Waals surface area contributed by atoms with Crippen molar-refractivity contribution in [1.29, 1.82) is 0 Å². The zero-order valence-corrected chi connectivity index (χ0v) is 10.9. The average molecular weight is 247 g/mol. The van der Waals surface area contributed by atoms with Crippen molar-refractivity contribution < 1.29 is 9.59 Å². The zero-order valence-electron chi connectivity index (χ0n) is 10.9. The highest BCUT2D eigenvalue weighted by Crippen LogP contribution is 2.11. The first-order chi connectivity index (χ1) is 8.63. The van der Waals surface area contributed by atoms with Gasteiger partial charge in [-0.2, -0.15) is 0 Å². The zero-order chi connectivity index (χ0) is 13.4. The quantitative estimate of drug-likeness (QED) is 0.567. The Morgan fingerprint density at radius 2 is 1.72 bits per heavy atom. The lowest BCUT2D eigenvalue weighted by Gasteiger charge is -2.03. The SMILES string of the molecule is CCCCCC(=O)c1ccc(CCC(N)=O)cc1. The van der Waals surface area contributed by atoms with Crippen LogP contribution in [0.3, 0.4) is 0 Å². The number of nitrogens with two attached hydrogens (primary N) is 1. The highest BCUT2D eigenvalue weighted by atomic mass is 16.1. The number of benzene rings is 1. The third-order valence-corrected chi connectivity index (χ3v) is 2.94. The minimum absolute atomic E-state index is 0.199. The predicted molar refractivity (Wildman–Crippen MR) is 72.4 cm³/mol. The maximum Gasteiger partial charge on any atom is 0.217 e. The molecule has 0 saturated carbocycles. The third kappa shape index (κ3) is 5.13. The van der Waals surface area contributed by atoms with Crippen LogP contribution >= 0.6 is 0 Å². The monoisotopic (exact) mass is 247 g/mol. The minimum atomic E-state index is -0.297. The van der Waals surface area contributed by atoms with E-state index in [0.717, 1.165) is 30.4 Å². The number of hydrogen-bond donors (Lipinski definition) is 1. The van der Waals surface area contributed by atoms with Crippen LogP contribution in [0.2, 0.25) is 0 Å². The topological polar surface area (TPSA) is 60.2 Å². The Bertz CT molecular complexity index is 395. The number of aryl methyl sites for hydroxylation is 1. The first-order valence-corrected chi connectivity index (χ1v) is 6.54. The molecule has 0 aromatic heterocycles. The first-order valence-electron chi connectivity index (χ1n) is 6.54. The second-order valence-electron chi connectivity index (χ2n) is 4.54. The molecule has 0 aliphatic carbocycles. The van der Waals surface area contributed by atoms with Crippen LogP contribution in [0.4, 0.5) is 0 Å². The van der Waals surface area contributed by atoms with E-state index >= 15 is 0 Å². The molecule has 3 nitrogen and oxygen atoms in total. The summed E-state index contributed by atoms with van der Waals surface area (Å²) >= 11 is 0. The van der Waals surface area contributed by atoms with Crippen LogP contribution in [0.15, 0.2) is 24.3 Å². The van der Waals surface area contributed by atoms with E-state index in [0.29, 0.717) is 19.3 Å². The molecule has 3 heteroatoms. The molecule has 0 radical (unpaired) electrons. The summed E-state index contributed by atoms with van der Waals surface area (Å²) in [6.45, 7) is 2.12. The Labute approximate surface area is 108 Å². The Morgan fingerprint density at radius 3 is 2.28 bits per heavy atom. The van der Waals surface area contributed by atoms with E-state index in [1.54, 1.807) is 0 Å². The molecule has 18 heavy (non-hydrogen) atoms. The van der Waals surface area contributed by atoms with E-state index in [4.69, 9.17) is 5.73 Å². The van der Waals surface area contributed by atoms with Crippen LogP contribution < -0.4 is 5.73 Å². The van der Waals surface area contributed by atoms with Crippen molar-refractivity contribution in [3.8, 4) is 0 Å². The van der Waals surface area contributed by atoms with Crippen molar-refractivity contribution in [2.24, 2.45) is 5.73 Å². The molecule has 1 rings (SSSR count). The fourth-order valence-corrected chi connectivity index (χ4v) is 1.80. The number of carbonyl (C=O) groups is 2. The van der Waals surface area contributed by atoms with Gasteiger partial charge in [-0.3, -0.25) is 9.59 Å². The van der Waals surface area contributed by atoms with Crippen LogP contribution in [0, 0.1) is 0 Å². The van der Waals surface area contributed by atoms with Gasteiger partial charge < -0.3 is 5.73 Å². The molecule has 1 amide bonds. The van der Waals surface area contributed by atoms with Gasteiger partial charge >= 0.3 is 0 Å². The number of unbranched alkanes of at least 4 members (excludes halogenated alkanes) is 2. The van der Waals surface area contributed by atoms with Gasteiger partial charge in [0.1, 0.15) is 0 Å². The number of carbonyl (C=O) groups excluding carboxylic acids is 2. The molecule has 1 aromatic rings. The van der Waals surface area contributed by atoms with Crippen molar-refractivity contribution in [3.63, 3.8) is 0 Å². The second kappa shape index (κ2) is 7.64. The highest BCUT2D eigenvalue weighted by Gasteiger charge is 2.05. The molecule has 0 saturated heterocycles. The minimum Gasteiger partial charge on any atom is -0.370 e. The molecule has 98 valence electrons. The number of primary amides is 1. The van der Waals surface area contributed by atoms with E-state index in [1.165, 1.54) is 0 Å². The molecular weight excluding hydrogens is 226 g/mol. The van der Waals surface area contributed by atoms with E-state index in [2.05, 4.69) is 6.92 Å².